The Morgan fingerprint density at radius 3 is 2.73 bits per heavy atom. The Morgan fingerprint density at radius 1 is 1.22 bits per heavy atom. The summed E-state index contributed by atoms with van der Waals surface area (Å²) in [4.78, 5) is 28.5. The minimum atomic E-state index is -0.735. The Morgan fingerprint density at radius 2 is 2.00 bits per heavy atom. The smallest absolute Gasteiger partial charge is 0.278 e. The van der Waals surface area contributed by atoms with Crippen LogP contribution in [0.1, 0.15) is 60.1 Å². The first-order valence-electron chi connectivity index (χ1n) is 12.1. The molecular weight excluding hydrogens is 500 g/mol. The van der Waals surface area contributed by atoms with Gasteiger partial charge in [-0.2, -0.15) is 0 Å². The highest BCUT2D eigenvalue weighted by Gasteiger charge is 2.49. The lowest BCUT2D eigenvalue weighted by molar-refractivity contribution is 0.0272. The number of carbonyl (C=O) groups is 1. The van der Waals surface area contributed by atoms with Gasteiger partial charge in [0.15, 0.2) is 16.5 Å². The first kappa shape index (κ1) is 25.1. The van der Waals surface area contributed by atoms with Gasteiger partial charge in [-0.3, -0.25) is 19.3 Å². The van der Waals surface area contributed by atoms with Crippen molar-refractivity contribution in [2.75, 3.05) is 18.6 Å². The van der Waals surface area contributed by atoms with Crippen molar-refractivity contribution < 1.29 is 18.7 Å². The number of benzene rings is 1. The van der Waals surface area contributed by atoms with Gasteiger partial charge in [0.25, 0.3) is 5.91 Å². The van der Waals surface area contributed by atoms with E-state index in [1.807, 2.05) is 19.0 Å². The van der Waals surface area contributed by atoms with Crippen LogP contribution in [0.5, 0.6) is 5.75 Å². The highest BCUT2D eigenvalue weighted by molar-refractivity contribution is 7.14. The summed E-state index contributed by atoms with van der Waals surface area (Å²) in [6.45, 7) is 6.51. The quantitative estimate of drug-likeness (QED) is 0.512. The molecule has 8 nitrogen and oxygen atoms in total. The Hall–Kier alpha value is -3.60. The lowest BCUT2D eigenvalue weighted by Gasteiger charge is -2.54. The Bertz CT molecular complexity index is 1470. The number of fused-ring (bicyclic) bond motifs is 1. The zero-order chi connectivity index (χ0) is 26.5. The Labute approximate surface area is 216 Å². The summed E-state index contributed by atoms with van der Waals surface area (Å²) >= 11 is 1.07. The maximum Gasteiger partial charge on any atom is 0.278 e. The van der Waals surface area contributed by atoms with Crippen LogP contribution in [0, 0.1) is 11.6 Å². The molecule has 3 heterocycles. The van der Waals surface area contributed by atoms with E-state index in [2.05, 4.69) is 16.8 Å². The van der Waals surface area contributed by atoms with Gasteiger partial charge in [0.1, 0.15) is 22.3 Å². The first-order valence-corrected chi connectivity index (χ1v) is 13.0. The van der Waals surface area contributed by atoms with E-state index in [1.54, 1.807) is 9.58 Å². The summed E-state index contributed by atoms with van der Waals surface area (Å²) in [5.74, 6) is -2.44. The number of aromatic hydroxyl groups is 1. The third-order valence-corrected chi connectivity index (χ3v) is 8.26. The molecule has 1 spiro atoms. The molecule has 0 radical (unpaired) electrons. The van der Waals surface area contributed by atoms with E-state index >= 15 is 0 Å². The summed E-state index contributed by atoms with van der Waals surface area (Å²) in [5, 5.41) is 21.7. The molecule has 1 aromatic carbocycles. The van der Waals surface area contributed by atoms with E-state index in [1.165, 1.54) is 18.3 Å². The second-order valence-electron chi connectivity index (χ2n) is 9.52. The number of hydrogen-bond donors (Lipinski definition) is 1. The normalized spacial score (nSPS) is 19.9. The van der Waals surface area contributed by atoms with Crippen LogP contribution in [-0.2, 0) is 6.42 Å². The van der Waals surface area contributed by atoms with E-state index in [0.29, 0.717) is 18.0 Å². The van der Waals surface area contributed by atoms with Gasteiger partial charge in [-0.05, 0) is 44.2 Å². The predicted octanol–water partition coefficient (Wildman–Crippen LogP) is 4.20. The van der Waals surface area contributed by atoms with Crippen LogP contribution in [0.4, 0.5) is 8.78 Å². The van der Waals surface area contributed by atoms with Crippen LogP contribution in [-0.4, -0.2) is 50.0 Å². The zero-order valence-electron chi connectivity index (χ0n) is 20.6. The average Bonchev–Trinajstić information content (AvgIpc) is 3.23. The third kappa shape index (κ3) is 4.11. The standard InChI is InChI=1S/C26H27F2N5O3S/c1-4-32-25(36)21-23(35)22(34)18(14-33(21)31(3)26(32)10-6-5-7-15(2)13-26)24-30-29-20(37-24)11-16-8-9-17(27)12-19(16)28/h8-9,12,14,35H,2,4-7,10-11,13H2,1,3H3. The van der Waals surface area contributed by atoms with Gasteiger partial charge in [-0.25, -0.2) is 8.78 Å². The molecule has 3 aromatic rings. The number of carbonyl (C=O) groups excluding carboxylic acids is 1. The molecule has 2 aromatic heterocycles. The largest absolute Gasteiger partial charge is 0.502 e. The fraction of sp³-hybridized carbons (Fsp3) is 0.385. The second-order valence-corrected chi connectivity index (χ2v) is 10.6. The van der Waals surface area contributed by atoms with Gasteiger partial charge < -0.3 is 10.0 Å². The van der Waals surface area contributed by atoms with E-state index in [0.717, 1.165) is 48.7 Å². The number of amides is 1. The molecule has 1 atom stereocenters. The average molecular weight is 528 g/mol. The number of nitrogens with zero attached hydrogens (tertiary/aromatic N) is 5. The molecule has 1 aliphatic carbocycles. The van der Waals surface area contributed by atoms with Crippen molar-refractivity contribution in [3.8, 4) is 16.3 Å². The van der Waals surface area contributed by atoms with Gasteiger partial charge >= 0.3 is 0 Å². The van der Waals surface area contributed by atoms with E-state index in [-0.39, 0.29) is 28.2 Å². The van der Waals surface area contributed by atoms with Gasteiger partial charge in [0, 0.05) is 38.7 Å². The number of hydrogen-bond acceptors (Lipinski definition) is 7. The minimum absolute atomic E-state index is 0.0666. The third-order valence-electron chi connectivity index (χ3n) is 7.30. The molecule has 0 saturated heterocycles. The molecular formula is C26H27F2N5O3S. The van der Waals surface area contributed by atoms with Crippen molar-refractivity contribution in [1.29, 1.82) is 0 Å². The van der Waals surface area contributed by atoms with Gasteiger partial charge in [-0.1, -0.05) is 29.6 Å². The zero-order valence-corrected chi connectivity index (χ0v) is 21.4. The molecule has 1 aliphatic heterocycles. The number of pyridine rings is 1. The topological polar surface area (TPSA) is 91.6 Å². The first-order chi connectivity index (χ1) is 17.7. The van der Waals surface area contributed by atoms with Crippen LogP contribution in [0.3, 0.4) is 0 Å². The molecule has 1 unspecified atom stereocenters. The van der Waals surface area contributed by atoms with Crippen LogP contribution in [0.15, 0.2) is 41.3 Å². The van der Waals surface area contributed by atoms with Crippen LogP contribution in [0.25, 0.3) is 10.6 Å². The Balaban J connectivity index is 1.58. The summed E-state index contributed by atoms with van der Waals surface area (Å²) in [6.07, 6.45) is 5.65. The van der Waals surface area contributed by atoms with Gasteiger partial charge in [-0.15, -0.1) is 10.2 Å². The van der Waals surface area contributed by atoms with Crippen molar-refractivity contribution in [2.45, 2.75) is 51.1 Å². The number of aromatic nitrogens is 3. The van der Waals surface area contributed by atoms with Crippen molar-refractivity contribution in [3.63, 3.8) is 0 Å². The van der Waals surface area contributed by atoms with E-state index in [4.69, 9.17) is 0 Å². The highest BCUT2D eigenvalue weighted by Crippen LogP contribution is 2.41. The maximum atomic E-state index is 14.1. The SMILES string of the molecule is C=C1CCCCC2(C1)N(CC)C(=O)c1c(O)c(=O)c(-c3nnc(Cc4ccc(F)cc4F)s3)cn1N2C. The molecule has 1 saturated carbocycles. The van der Waals surface area contributed by atoms with E-state index in [9.17, 15) is 23.5 Å². The Kier molecular flexibility index (Phi) is 6.35. The van der Waals surface area contributed by atoms with Crippen molar-refractivity contribution in [1.82, 2.24) is 19.8 Å². The van der Waals surface area contributed by atoms with Gasteiger partial charge in [0.2, 0.25) is 5.43 Å². The van der Waals surface area contributed by atoms with Crippen molar-refractivity contribution >= 4 is 17.2 Å². The summed E-state index contributed by atoms with van der Waals surface area (Å²) in [6, 6.07) is 3.31. The van der Waals surface area contributed by atoms with Gasteiger partial charge in [0.05, 0.1) is 5.56 Å². The molecule has 37 heavy (non-hydrogen) atoms. The minimum Gasteiger partial charge on any atom is -0.502 e. The fourth-order valence-corrected chi connectivity index (χ4v) is 6.31. The molecule has 2 aliphatic rings. The van der Waals surface area contributed by atoms with Crippen LogP contribution in [0.2, 0.25) is 0 Å². The predicted molar refractivity (Wildman–Crippen MR) is 136 cm³/mol. The molecule has 0 bridgehead atoms. The molecule has 1 fully saturated rings. The summed E-state index contributed by atoms with van der Waals surface area (Å²) in [5.41, 5.74) is -0.146. The van der Waals surface area contributed by atoms with Crippen molar-refractivity contribution in [2.24, 2.45) is 0 Å². The molecule has 194 valence electrons. The van der Waals surface area contributed by atoms with Crippen LogP contribution >= 0.6 is 11.3 Å². The molecule has 5 rings (SSSR count). The molecule has 1 N–H and O–H groups in total. The van der Waals surface area contributed by atoms with Crippen LogP contribution < -0.4 is 10.4 Å². The molecule has 11 heteroatoms. The monoisotopic (exact) mass is 527 g/mol. The summed E-state index contributed by atoms with van der Waals surface area (Å²) < 4.78 is 28.9. The fourth-order valence-electron chi connectivity index (χ4n) is 5.44. The second kappa shape index (κ2) is 9.37. The lowest BCUT2D eigenvalue weighted by atomic mass is 9.93. The lowest BCUT2D eigenvalue weighted by Crippen LogP contribution is -2.69. The number of rotatable bonds is 4. The van der Waals surface area contributed by atoms with E-state index < -0.39 is 34.4 Å². The van der Waals surface area contributed by atoms with Crippen molar-refractivity contribution in [3.05, 3.63) is 74.7 Å². The molecule has 1 amide bonds. The highest BCUT2D eigenvalue weighted by atomic mass is 32.1. The number of halogens is 2. The summed E-state index contributed by atoms with van der Waals surface area (Å²) in [7, 11) is 1.84. The maximum absolute atomic E-state index is 14.1.